The molecule has 0 amide bonds. The Bertz CT molecular complexity index is 2070. The third-order valence-electron chi connectivity index (χ3n) is 7.43. The van der Waals surface area contributed by atoms with Crippen molar-refractivity contribution in [3.05, 3.63) is 140 Å². The fraction of sp³-hybridized carbons (Fsp3) is 0. The van der Waals surface area contributed by atoms with Gasteiger partial charge in [0.1, 0.15) is 11.2 Å². The zero-order valence-electron chi connectivity index (χ0n) is 21.0. The number of furan rings is 1. The lowest BCUT2D eigenvalue weighted by atomic mass is 9.94. The molecule has 0 radical (unpaired) electrons. The third kappa shape index (κ3) is 3.41. The van der Waals surface area contributed by atoms with E-state index in [0.29, 0.717) is 0 Å². The molecule has 39 heavy (non-hydrogen) atoms. The van der Waals surface area contributed by atoms with Crippen molar-refractivity contribution in [2.24, 2.45) is 0 Å². The maximum Gasteiger partial charge on any atom is 0.145 e. The van der Waals surface area contributed by atoms with E-state index in [1.165, 1.54) is 37.0 Å². The smallest absolute Gasteiger partial charge is 0.145 e. The quantitative estimate of drug-likeness (QED) is 0.231. The minimum atomic E-state index is 0.907. The minimum Gasteiger partial charge on any atom is -0.455 e. The molecule has 6 aromatic carbocycles. The zero-order valence-corrected chi connectivity index (χ0v) is 21.9. The largest absolute Gasteiger partial charge is 0.455 e. The van der Waals surface area contributed by atoms with Gasteiger partial charge in [0.2, 0.25) is 0 Å². The lowest BCUT2D eigenvalue weighted by Gasteiger charge is -2.29. The monoisotopic (exact) mass is 517 g/mol. The summed E-state index contributed by atoms with van der Waals surface area (Å²) in [4.78, 5) is 2.42. The summed E-state index contributed by atoms with van der Waals surface area (Å²) in [5, 5.41) is 4.68. The predicted molar refractivity (Wildman–Crippen MR) is 167 cm³/mol. The van der Waals surface area contributed by atoms with E-state index in [1.54, 1.807) is 0 Å². The van der Waals surface area contributed by atoms with E-state index in [2.05, 4.69) is 144 Å². The Balaban J connectivity index is 1.67. The van der Waals surface area contributed by atoms with Gasteiger partial charge in [-0.2, -0.15) is 0 Å². The van der Waals surface area contributed by atoms with E-state index < -0.39 is 0 Å². The number of rotatable bonds is 4. The summed E-state index contributed by atoms with van der Waals surface area (Å²) in [5.74, 6) is 0. The van der Waals surface area contributed by atoms with Gasteiger partial charge in [0.15, 0.2) is 0 Å². The van der Waals surface area contributed by atoms with Crippen LogP contribution in [0.15, 0.2) is 144 Å². The highest BCUT2D eigenvalue weighted by Gasteiger charge is 2.28. The van der Waals surface area contributed by atoms with Crippen molar-refractivity contribution in [1.29, 1.82) is 0 Å². The molecule has 184 valence electrons. The summed E-state index contributed by atoms with van der Waals surface area (Å²) in [6.45, 7) is 0. The highest BCUT2D eigenvalue weighted by molar-refractivity contribution is 7.26. The predicted octanol–water partition coefficient (Wildman–Crippen LogP) is 11.1. The van der Waals surface area contributed by atoms with Crippen LogP contribution in [-0.4, -0.2) is 0 Å². The first-order valence-electron chi connectivity index (χ1n) is 13.1. The summed E-state index contributed by atoms with van der Waals surface area (Å²) >= 11 is 1.84. The van der Waals surface area contributed by atoms with Gasteiger partial charge in [0, 0.05) is 43.2 Å². The molecule has 0 saturated carbocycles. The SMILES string of the molecule is c1ccc(-c2c(N(c3ccccc3)c3ccccc3)c3sc4ccccc4c3c3oc4ccccc4c23)cc1. The third-order valence-corrected chi connectivity index (χ3v) is 8.61. The highest BCUT2D eigenvalue weighted by atomic mass is 32.1. The summed E-state index contributed by atoms with van der Waals surface area (Å²) in [6, 6.07) is 49.2. The van der Waals surface area contributed by atoms with Crippen LogP contribution in [0.2, 0.25) is 0 Å². The fourth-order valence-electron chi connectivity index (χ4n) is 5.80. The lowest BCUT2D eigenvalue weighted by molar-refractivity contribution is 0.673. The number of fused-ring (bicyclic) bond motifs is 7. The summed E-state index contributed by atoms with van der Waals surface area (Å²) < 4.78 is 9.20. The van der Waals surface area contributed by atoms with Crippen LogP contribution in [0, 0.1) is 0 Å². The van der Waals surface area contributed by atoms with Crippen molar-refractivity contribution in [1.82, 2.24) is 0 Å². The van der Waals surface area contributed by atoms with E-state index in [1.807, 2.05) is 11.3 Å². The maximum atomic E-state index is 6.73. The van der Waals surface area contributed by atoms with Crippen molar-refractivity contribution < 1.29 is 4.42 Å². The zero-order chi connectivity index (χ0) is 25.8. The molecule has 0 atom stereocenters. The molecule has 3 heteroatoms. The Hall–Kier alpha value is -4.86. The topological polar surface area (TPSA) is 16.4 Å². The van der Waals surface area contributed by atoms with Crippen LogP contribution in [0.1, 0.15) is 0 Å². The van der Waals surface area contributed by atoms with Gasteiger partial charge in [0.05, 0.1) is 10.4 Å². The van der Waals surface area contributed by atoms with Gasteiger partial charge >= 0.3 is 0 Å². The van der Waals surface area contributed by atoms with E-state index in [4.69, 9.17) is 4.42 Å². The lowest BCUT2D eigenvalue weighted by Crippen LogP contribution is -2.11. The number of nitrogens with zero attached hydrogens (tertiary/aromatic N) is 1. The molecule has 0 aliphatic carbocycles. The normalized spacial score (nSPS) is 11.6. The van der Waals surface area contributed by atoms with Crippen LogP contribution in [0.4, 0.5) is 17.1 Å². The number of hydrogen-bond donors (Lipinski definition) is 0. The summed E-state index contributed by atoms with van der Waals surface area (Å²) in [6.07, 6.45) is 0. The summed E-state index contributed by atoms with van der Waals surface area (Å²) in [7, 11) is 0. The van der Waals surface area contributed by atoms with Crippen LogP contribution in [0.25, 0.3) is 53.2 Å². The Morgan fingerprint density at radius 2 is 1.08 bits per heavy atom. The van der Waals surface area contributed by atoms with Gasteiger partial charge in [-0.1, -0.05) is 103 Å². The second-order valence-corrected chi connectivity index (χ2v) is 10.8. The number of hydrogen-bond acceptors (Lipinski definition) is 3. The second-order valence-electron chi connectivity index (χ2n) is 9.70. The number of anilines is 3. The molecule has 0 saturated heterocycles. The molecule has 0 bridgehead atoms. The van der Waals surface area contributed by atoms with Crippen LogP contribution in [-0.2, 0) is 0 Å². The van der Waals surface area contributed by atoms with Crippen molar-refractivity contribution in [3.63, 3.8) is 0 Å². The van der Waals surface area contributed by atoms with Crippen molar-refractivity contribution >= 4 is 70.5 Å². The van der Waals surface area contributed by atoms with Gasteiger partial charge in [0.25, 0.3) is 0 Å². The van der Waals surface area contributed by atoms with E-state index in [9.17, 15) is 0 Å². The first kappa shape index (κ1) is 22.2. The fourth-order valence-corrected chi connectivity index (χ4v) is 7.04. The number of benzene rings is 6. The Kier molecular flexibility index (Phi) is 5.04. The molecule has 0 fully saturated rings. The average molecular weight is 518 g/mol. The first-order valence-corrected chi connectivity index (χ1v) is 13.9. The maximum absolute atomic E-state index is 6.73. The van der Waals surface area contributed by atoms with Crippen molar-refractivity contribution in [2.45, 2.75) is 0 Å². The van der Waals surface area contributed by atoms with Gasteiger partial charge < -0.3 is 9.32 Å². The Morgan fingerprint density at radius 3 is 1.77 bits per heavy atom. The number of thiophene rings is 1. The minimum absolute atomic E-state index is 0.907. The molecule has 0 aliphatic heterocycles. The van der Waals surface area contributed by atoms with Gasteiger partial charge in [-0.3, -0.25) is 0 Å². The van der Waals surface area contributed by atoms with Crippen molar-refractivity contribution in [3.8, 4) is 11.1 Å². The second kappa shape index (κ2) is 8.87. The first-order chi connectivity index (χ1) is 19.4. The van der Waals surface area contributed by atoms with Gasteiger partial charge in [-0.15, -0.1) is 11.3 Å². The van der Waals surface area contributed by atoms with Gasteiger partial charge in [-0.25, -0.2) is 0 Å². The highest BCUT2D eigenvalue weighted by Crippen LogP contribution is 2.55. The van der Waals surface area contributed by atoms with Gasteiger partial charge in [-0.05, 0) is 42.0 Å². The van der Waals surface area contributed by atoms with Crippen LogP contribution >= 0.6 is 11.3 Å². The van der Waals surface area contributed by atoms with E-state index >= 15 is 0 Å². The molecule has 2 nitrogen and oxygen atoms in total. The molecular weight excluding hydrogens is 494 g/mol. The molecular formula is C36H23NOS. The Morgan fingerprint density at radius 1 is 0.513 bits per heavy atom. The average Bonchev–Trinajstić information content (AvgIpc) is 3.58. The molecule has 8 aromatic rings. The molecule has 0 N–H and O–H groups in total. The van der Waals surface area contributed by atoms with Crippen LogP contribution in [0.5, 0.6) is 0 Å². The molecule has 2 heterocycles. The molecule has 0 spiro atoms. The summed E-state index contributed by atoms with van der Waals surface area (Å²) in [5.41, 5.74) is 7.62. The van der Waals surface area contributed by atoms with Crippen LogP contribution < -0.4 is 4.90 Å². The molecule has 2 aromatic heterocycles. The van der Waals surface area contributed by atoms with Crippen molar-refractivity contribution in [2.75, 3.05) is 4.90 Å². The molecule has 8 rings (SSSR count). The Labute approximate surface area is 230 Å². The van der Waals surface area contributed by atoms with E-state index in [0.717, 1.165) is 33.3 Å². The standard InChI is InChI=1S/C36H23NOS/c1-4-14-24(15-5-1)31-32-27-20-10-12-22-29(27)38-35(32)33-28-21-11-13-23-30(28)39-36(33)34(31)37(25-16-6-2-7-17-25)26-18-8-3-9-19-26/h1-23H. The number of para-hydroxylation sites is 3. The van der Waals surface area contributed by atoms with Crippen LogP contribution in [0.3, 0.4) is 0 Å². The van der Waals surface area contributed by atoms with E-state index in [-0.39, 0.29) is 0 Å². The molecule has 0 unspecified atom stereocenters. The molecule has 0 aliphatic rings.